The Morgan fingerprint density at radius 1 is 0.418 bits per heavy atom. The molecule has 3 saturated heterocycles. The summed E-state index contributed by atoms with van der Waals surface area (Å²) in [5, 5.41) is 42.9. The Balaban J connectivity index is 0.000000137. The van der Waals surface area contributed by atoms with Gasteiger partial charge in [-0.25, -0.2) is 0 Å². The second kappa shape index (κ2) is 44.2. The molecule has 28 nitrogen and oxygen atoms in total. The van der Waals surface area contributed by atoms with Gasteiger partial charge in [-0.05, 0) is 254 Å². The summed E-state index contributed by atoms with van der Waals surface area (Å²) in [6.07, 6.45) is 4.05. The molecule has 0 N–H and O–H groups in total. The minimum Gasteiger partial charge on any atom is -0.469 e. The monoisotopic (exact) mass is 2060 g/mol. The van der Waals surface area contributed by atoms with Gasteiger partial charge >= 0.3 is 11.9 Å². The Bertz CT molecular complexity index is 6670. The summed E-state index contributed by atoms with van der Waals surface area (Å²) in [5.41, 5.74) is 13.2. The number of benzene rings is 4. The van der Waals surface area contributed by atoms with Crippen LogP contribution in [0.5, 0.6) is 0 Å². The molecule has 0 spiro atoms. The standard InChI is InChI=1S/C32H44ClN7O2S.C28H35ClN6OS.C24H27ClN4O2S.C21H21ClN4O2S/c1-23-24(2)43-32-29(23)30(26-6-8-27(33)9-7-26)34-28(31-36-35-25(3)40(31)32)22-39(12-4-10-37-14-18-41-19-15-37)13-5-11-38-16-20-42-21-17-38;1-18-19(2)37-26-24(18)25(21-8-10-22(29)11-9-21)30-28(4,27-32-31-20(3)35(26)27)17-23(36)7-6-12-34-15-13-33(5)14-16-34;1-13-14(2)32-21-19(13)20(16-8-10-17(25)11-9-16)26-24(7,12-18(30)31-23(4,5)6)22-28-27-15(3)29(21)22;1-11-12(2)29-19-17(11)18(14-6-8-15(22)9-7-14)23-21(4,10-16(27)28-5)20-25-24-13(3)26(19)20/h6-9,28H,4-5,10-22H2,1-3H3;8-11H,6-7,12-17H2,1-5H3;8-11H,12H2,1-7H3;6-9H,10H2,1-5H3/t2*28-;24-;21-/m0000/s1. The van der Waals surface area contributed by atoms with E-state index in [9.17, 15) is 14.4 Å². The molecule has 0 bridgehead atoms. The lowest BCUT2D eigenvalue weighted by Gasteiger charge is -2.32. The van der Waals surface area contributed by atoms with Crippen molar-refractivity contribution in [3.63, 3.8) is 0 Å². The van der Waals surface area contributed by atoms with Gasteiger partial charge < -0.3 is 33.6 Å². The SMILES string of the molecule is COC(=O)C[C@]1(C)N=C(c2ccc(Cl)cc2)c2c(sc(C)c2C)-n2c(C)nnc21.Cc1sc2c(c1C)C(c1ccc(Cl)cc1)=N[C@@H](CN(CCCN1CCOCC1)CCCN1CCOCC1)c1nnc(C)n1-2.Cc1sc2c(c1C)C(c1ccc(Cl)cc1)=N[C@@](C)(CC(=O)CCCN1CCN(C)CC1)c1nnc(C)n1-2.Cc1sc2c(c1C)C(c1ccc(Cl)cc1)=N[C@@](C)(CC(=O)OC(C)(C)C)c1nnc(C)n1-2. The number of ketones is 1. The minimum absolute atomic E-state index is 0.0481. The fourth-order valence-corrected chi connectivity index (χ4v) is 24.6. The van der Waals surface area contributed by atoms with Gasteiger partial charge in [0.15, 0.2) is 23.3 Å². The van der Waals surface area contributed by atoms with E-state index in [1.54, 1.807) is 45.3 Å². The first-order chi connectivity index (χ1) is 67.3. The number of fused-ring (bicyclic) bond motifs is 12. The summed E-state index contributed by atoms with van der Waals surface area (Å²) < 4.78 is 30.2. The molecule has 0 aliphatic carbocycles. The third-order valence-electron chi connectivity index (χ3n) is 27.4. The van der Waals surface area contributed by atoms with Gasteiger partial charge in [0.1, 0.15) is 77.3 Å². The first-order valence-corrected chi connectivity index (χ1v) is 53.1. The van der Waals surface area contributed by atoms with Crippen LogP contribution in [0.15, 0.2) is 117 Å². The zero-order valence-corrected chi connectivity index (χ0v) is 90.7. The topological polar surface area (TPSA) is 277 Å². The van der Waals surface area contributed by atoms with Crippen LogP contribution in [0.4, 0.5) is 0 Å². The number of aliphatic imine (C=N–C) groups is 4. The predicted octanol–water partition coefficient (Wildman–Crippen LogP) is 19.7. The van der Waals surface area contributed by atoms with E-state index in [0.717, 1.165) is 270 Å². The highest BCUT2D eigenvalue weighted by molar-refractivity contribution is 7.16. The third-order valence-corrected chi connectivity index (χ3v) is 33.1. The second-order valence-corrected chi connectivity index (χ2v) is 45.7. The lowest BCUT2D eigenvalue weighted by Crippen LogP contribution is -2.44. The molecular formula is C105H127Cl4N21O7S4. The van der Waals surface area contributed by atoms with Crippen molar-refractivity contribution in [2.75, 3.05) is 132 Å². The fourth-order valence-electron chi connectivity index (χ4n) is 19.3. The number of morpholine rings is 2. The van der Waals surface area contributed by atoms with Crippen LogP contribution >= 0.6 is 91.8 Å². The first kappa shape index (κ1) is 104. The Morgan fingerprint density at radius 2 is 0.738 bits per heavy atom. The van der Waals surface area contributed by atoms with Gasteiger partial charge in [-0.1, -0.05) is 94.9 Å². The summed E-state index contributed by atoms with van der Waals surface area (Å²) in [6, 6.07) is 31.0. The molecule has 4 aromatic carbocycles. The van der Waals surface area contributed by atoms with Crippen molar-refractivity contribution in [1.82, 2.24) is 83.6 Å². The number of aryl methyl sites for hydroxylation is 8. The van der Waals surface area contributed by atoms with Crippen molar-refractivity contribution in [2.45, 2.75) is 198 Å². The van der Waals surface area contributed by atoms with Crippen molar-refractivity contribution in [2.24, 2.45) is 20.0 Å². The normalized spacial score (nSPS) is 19.1. The number of methoxy groups -OCH3 is 1. The fraction of sp³-hybridized carbons (Fsp3) is 0.476. The van der Waals surface area contributed by atoms with E-state index in [2.05, 4.69) is 151 Å². The van der Waals surface area contributed by atoms with Crippen LogP contribution in [0.2, 0.25) is 20.1 Å². The van der Waals surface area contributed by atoms with E-state index in [1.165, 1.54) is 43.3 Å². The molecule has 19 rings (SSSR count). The third kappa shape index (κ3) is 23.1. The molecule has 12 aromatic rings. The van der Waals surface area contributed by atoms with Gasteiger partial charge in [-0.3, -0.25) is 62.4 Å². The maximum absolute atomic E-state index is 13.4. The molecule has 7 aliphatic heterocycles. The van der Waals surface area contributed by atoms with Crippen molar-refractivity contribution in [3.8, 4) is 20.0 Å². The quantitative estimate of drug-likeness (QED) is 0.0508. The number of Topliss-reactive ketones (excluding diaryl/α,β-unsaturated/α-hetero) is 1. The zero-order chi connectivity index (χ0) is 100. The van der Waals surface area contributed by atoms with Gasteiger partial charge in [0, 0.05) is 156 Å². The van der Waals surface area contributed by atoms with E-state index in [4.69, 9.17) is 90.4 Å². The Hall–Kier alpha value is -9.59. The lowest BCUT2D eigenvalue weighted by molar-refractivity contribution is -0.156. The lowest BCUT2D eigenvalue weighted by atomic mass is 9.92. The summed E-state index contributed by atoms with van der Waals surface area (Å²) in [6.45, 7) is 54.1. The van der Waals surface area contributed by atoms with Gasteiger partial charge in [-0.2, -0.15) is 0 Å². The maximum atomic E-state index is 13.4. The number of nitrogens with zero attached hydrogens (tertiary/aromatic N) is 21. The van der Waals surface area contributed by atoms with E-state index in [1.807, 2.05) is 156 Å². The van der Waals surface area contributed by atoms with Crippen LogP contribution in [0.3, 0.4) is 0 Å². The minimum atomic E-state index is -0.961. The average Bonchev–Trinajstić information content (AvgIpc) is 1.59. The molecule has 0 saturated carbocycles. The van der Waals surface area contributed by atoms with E-state index >= 15 is 0 Å². The highest BCUT2D eigenvalue weighted by Crippen LogP contribution is 2.48. The molecule has 746 valence electrons. The number of thiophene rings is 4. The van der Waals surface area contributed by atoms with Crippen molar-refractivity contribution in [1.29, 1.82) is 0 Å². The largest absolute Gasteiger partial charge is 0.469 e. The number of hydrogen-bond donors (Lipinski definition) is 0. The van der Waals surface area contributed by atoms with Crippen LogP contribution < -0.4 is 0 Å². The summed E-state index contributed by atoms with van der Waals surface area (Å²) >= 11 is 31.7. The molecule has 15 heterocycles. The number of aromatic nitrogens is 12. The van der Waals surface area contributed by atoms with Gasteiger partial charge in [-0.15, -0.1) is 86.1 Å². The molecule has 0 unspecified atom stereocenters. The Kier molecular flexibility index (Phi) is 32.6. The summed E-state index contributed by atoms with van der Waals surface area (Å²) in [4.78, 5) is 77.2. The first-order valence-electron chi connectivity index (χ1n) is 48.4. The number of carbonyl (C=O) groups is 3. The van der Waals surface area contributed by atoms with Crippen LogP contribution in [0.1, 0.15) is 225 Å². The van der Waals surface area contributed by atoms with Gasteiger partial charge in [0.2, 0.25) is 0 Å². The number of carbonyl (C=O) groups excluding carboxylic acids is 3. The molecule has 7 aliphatic rings. The molecule has 0 radical (unpaired) electrons. The maximum Gasteiger partial charge on any atom is 0.309 e. The molecular weight excluding hydrogens is 1940 g/mol. The van der Waals surface area contributed by atoms with E-state index < -0.39 is 22.2 Å². The second-order valence-electron chi connectivity index (χ2n) is 39.1. The Labute approximate surface area is 862 Å². The molecule has 0 amide bonds. The summed E-state index contributed by atoms with van der Waals surface area (Å²) in [5.74, 6) is 5.66. The van der Waals surface area contributed by atoms with E-state index in [0.29, 0.717) is 33.1 Å². The smallest absolute Gasteiger partial charge is 0.309 e. The number of halogens is 4. The average molecular weight is 2070 g/mol. The molecule has 3 fully saturated rings. The number of esters is 2. The van der Waals surface area contributed by atoms with Crippen LogP contribution in [0, 0.1) is 83.1 Å². The van der Waals surface area contributed by atoms with Crippen molar-refractivity contribution in [3.05, 3.63) is 250 Å². The number of rotatable bonds is 24. The van der Waals surface area contributed by atoms with Crippen molar-refractivity contribution < 1.29 is 33.3 Å². The molecule has 141 heavy (non-hydrogen) atoms. The zero-order valence-electron chi connectivity index (χ0n) is 84.4. The Morgan fingerprint density at radius 3 is 1.11 bits per heavy atom. The van der Waals surface area contributed by atoms with Gasteiger partial charge in [0.25, 0.3) is 0 Å². The van der Waals surface area contributed by atoms with Crippen LogP contribution in [-0.2, 0) is 49.9 Å². The van der Waals surface area contributed by atoms with E-state index in [-0.39, 0.29) is 43.0 Å². The number of ether oxygens (including phenoxy) is 4. The highest BCUT2D eigenvalue weighted by Gasteiger charge is 2.46. The number of hydrogen-bond acceptors (Lipinski definition) is 28. The number of piperazine rings is 1. The summed E-state index contributed by atoms with van der Waals surface area (Å²) in [7, 11) is 3.54. The molecule has 8 aromatic heterocycles. The predicted molar refractivity (Wildman–Crippen MR) is 567 cm³/mol. The highest BCUT2D eigenvalue weighted by atomic mass is 35.5. The molecule has 36 heteroatoms. The van der Waals surface area contributed by atoms with Crippen molar-refractivity contribution >= 4 is 132 Å². The van der Waals surface area contributed by atoms with Crippen LogP contribution in [-0.4, -0.2) is 262 Å². The molecule has 4 atom stereocenters. The number of likely N-dealkylation sites (N-methyl/N-ethyl adjacent to an activating group) is 1. The van der Waals surface area contributed by atoms with Crippen LogP contribution in [0.25, 0.3) is 20.0 Å². The van der Waals surface area contributed by atoms with Gasteiger partial charge in [0.05, 0.1) is 69.2 Å².